The topological polar surface area (TPSA) is 92.8 Å². The summed E-state index contributed by atoms with van der Waals surface area (Å²) in [6.07, 6.45) is 3.38. The van der Waals surface area contributed by atoms with Crippen LogP contribution >= 0.6 is 0 Å². The van der Waals surface area contributed by atoms with Gasteiger partial charge in [-0.3, -0.25) is 4.79 Å². The molecule has 0 aliphatic heterocycles. The number of carbonyl (C=O) groups is 1. The maximum atomic E-state index is 11.4. The summed E-state index contributed by atoms with van der Waals surface area (Å²) in [5.41, 5.74) is 6.85. The van der Waals surface area contributed by atoms with Gasteiger partial charge in [0, 0.05) is 22.2 Å². The Labute approximate surface area is 101 Å². The molecular weight excluding hydrogens is 240 g/mol. The van der Waals surface area contributed by atoms with E-state index in [4.69, 9.17) is 10.8 Å². The van der Waals surface area contributed by atoms with Gasteiger partial charge in [0.25, 0.3) is 0 Å². The second-order valence-corrected chi connectivity index (χ2v) is 6.63. The maximum Gasteiger partial charge on any atom is 0.320 e. The van der Waals surface area contributed by atoms with E-state index in [0.717, 1.165) is 5.56 Å². The van der Waals surface area contributed by atoms with E-state index in [9.17, 15) is 9.00 Å². The number of carboxylic acid groups (broad SMARTS) is 1. The molecule has 17 heavy (non-hydrogen) atoms. The molecule has 0 spiro atoms. The summed E-state index contributed by atoms with van der Waals surface area (Å²) >= 11 is 0. The van der Waals surface area contributed by atoms with Crippen LogP contribution in [0.4, 0.5) is 5.69 Å². The van der Waals surface area contributed by atoms with Gasteiger partial charge in [0.15, 0.2) is 0 Å². The van der Waals surface area contributed by atoms with E-state index in [0.29, 0.717) is 5.69 Å². The van der Waals surface area contributed by atoms with E-state index in [1.807, 2.05) is 0 Å². The molecule has 1 atom stereocenters. The lowest BCUT2D eigenvalue weighted by Gasteiger charge is -2.06. The van der Waals surface area contributed by atoms with Gasteiger partial charge >= 0.3 is 5.97 Å². The molecule has 0 aromatic heterocycles. The van der Waals surface area contributed by atoms with Gasteiger partial charge in [-0.2, -0.15) is 4.36 Å². The molecular formula is C11H16N2O3S. The van der Waals surface area contributed by atoms with Crippen LogP contribution in [0, 0.1) is 0 Å². The van der Waals surface area contributed by atoms with E-state index in [-0.39, 0.29) is 6.42 Å². The molecule has 1 aromatic rings. The van der Waals surface area contributed by atoms with Crippen molar-refractivity contribution >= 4 is 21.4 Å². The van der Waals surface area contributed by atoms with Gasteiger partial charge in [0.2, 0.25) is 0 Å². The molecule has 0 amide bonds. The predicted molar refractivity (Wildman–Crippen MR) is 67.8 cm³/mol. The van der Waals surface area contributed by atoms with Crippen molar-refractivity contribution < 1.29 is 14.1 Å². The second-order valence-electron chi connectivity index (χ2n) is 4.09. The highest BCUT2D eigenvalue weighted by Crippen LogP contribution is 2.15. The summed E-state index contributed by atoms with van der Waals surface area (Å²) in [7, 11) is -2.17. The molecule has 5 nitrogen and oxygen atoms in total. The standard InChI is InChI=1S/C11H16N2O3S/c1-17(2,16)13-9-5-3-8(4-6-9)7-10(12)11(14)15/h3-6,10H,7,12H2,1-2H3,(H,14,15). The monoisotopic (exact) mass is 256 g/mol. The minimum Gasteiger partial charge on any atom is -0.480 e. The van der Waals surface area contributed by atoms with Crippen LogP contribution in [0.1, 0.15) is 5.56 Å². The Balaban J connectivity index is 2.83. The molecule has 3 N–H and O–H groups in total. The molecule has 1 rings (SSSR count). The van der Waals surface area contributed by atoms with Crippen LogP contribution in [0.2, 0.25) is 0 Å². The molecule has 1 aromatic carbocycles. The average molecular weight is 256 g/mol. The SMILES string of the molecule is CS(C)(=O)=Nc1ccc(CC(N)C(=O)O)cc1. The number of nitrogens with two attached hydrogens (primary N) is 1. The number of nitrogens with zero attached hydrogens (tertiary/aromatic N) is 1. The zero-order valence-corrected chi connectivity index (χ0v) is 10.6. The van der Waals surface area contributed by atoms with Gasteiger partial charge in [-0.05, 0) is 24.1 Å². The van der Waals surface area contributed by atoms with Crippen LogP contribution in [0.15, 0.2) is 28.6 Å². The van der Waals surface area contributed by atoms with E-state index in [1.54, 1.807) is 36.8 Å². The first kappa shape index (κ1) is 13.7. The Kier molecular flexibility index (Phi) is 4.25. The van der Waals surface area contributed by atoms with Crippen LogP contribution in [0.3, 0.4) is 0 Å². The maximum absolute atomic E-state index is 11.4. The van der Waals surface area contributed by atoms with Crippen molar-refractivity contribution in [2.45, 2.75) is 12.5 Å². The average Bonchev–Trinajstić information content (AvgIpc) is 2.18. The molecule has 94 valence electrons. The molecule has 1 unspecified atom stereocenters. The first-order valence-corrected chi connectivity index (χ1v) is 7.35. The van der Waals surface area contributed by atoms with Crippen LogP contribution in [0.25, 0.3) is 0 Å². The third-order valence-corrected chi connectivity index (χ3v) is 2.68. The number of hydrogen-bond acceptors (Lipinski definition) is 4. The number of benzene rings is 1. The first-order valence-electron chi connectivity index (χ1n) is 5.02. The van der Waals surface area contributed by atoms with Crippen molar-refractivity contribution in [2.24, 2.45) is 10.1 Å². The highest BCUT2D eigenvalue weighted by molar-refractivity contribution is 7.92. The Bertz CT molecular complexity index is 508. The summed E-state index contributed by atoms with van der Waals surface area (Å²) in [4.78, 5) is 10.6. The highest BCUT2D eigenvalue weighted by atomic mass is 32.2. The summed E-state index contributed by atoms with van der Waals surface area (Å²) in [6, 6.07) is 5.99. The van der Waals surface area contributed by atoms with Crippen molar-refractivity contribution in [2.75, 3.05) is 12.5 Å². The van der Waals surface area contributed by atoms with Crippen molar-refractivity contribution in [1.29, 1.82) is 0 Å². The Morgan fingerprint density at radius 2 is 1.94 bits per heavy atom. The van der Waals surface area contributed by atoms with Crippen molar-refractivity contribution in [3.8, 4) is 0 Å². The van der Waals surface area contributed by atoms with Crippen LogP contribution in [0.5, 0.6) is 0 Å². The first-order chi connectivity index (χ1) is 7.78. The van der Waals surface area contributed by atoms with Gasteiger partial charge < -0.3 is 10.8 Å². The van der Waals surface area contributed by atoms with Gasteiger partial charge in [0.1, 0.15) is 6.04 Å². The van der Waals surface area contributed by atoms with E-state index in [1.165, 1.54) is 0 Å². The summed E-state index contributed by atoms with van der Waals surface area (Å²) < 4.78 is 15.5. The van der Waals surface area contributed by atoms with Crippen LogP contribution < -0.4 is 5.73 Å². The van der Waals surface area contributed by atoms with Gasteiger partial charge in [-0.25, -0.2) is 4.21 Å². The van der Waals surface area contributed by atoms with Crippen LogP contribution in [-0.2, 0) is 20.9 Å². The molecule has 0 radical (unpaired) electrons. The summed E-state index contributed by atoms with van der Waals surface area (Å²) in [5.74, 6) is -1.02. The molecule has 0 saturated carbocycles. The molecule has 0 saturated heterocycles. The number of carboxylic acids is 1. The van der Waals surface area contributed by atoms with E-state index >= 15 is 0 Å². The number of rotatable bonds is 4. The predicted octanol–water partition coefficient (Wildman–Crippen LogP) is 1.00. The van der Waals surface area contributed by atoms with Gasteiger partial charge in [0.05, 0.1) is 5.69 Å². The third-order valence-electron chi connectivity index (χ3n) is 2.03. The Hall–Kier alpha value is -1.40. The molecule has 0 fully saturated rings. The zero-order chi connectivity index (χ0) is 13.1. The lowest BCUT2D eigenvalue weighted by atomic mass is 10.1. The fourth-order valence-corrected chi connectivity index (χ4v) is 1.92. The molecule has 0 heterocycles. The number of aliphatic carboxylic acids is 1. The second kappa shape index (κ2) is 5.29. The minimum absolute atomic E-state index is 0.267. The fourth-order valence-electron chi connectivity index (χ4n) is 1.29. The number of hydrogen-bond donors (Lipinski definition) is 2. The smallest absolute Gasteiger partial charge is 0.320 e. The fraction of sp³-hybridized carbons (Fsp3) is 0.364. The summed E-state index contributed by atoms with van der Waals surface area (Å²) in [6.45, 7) is 0. The third kappa shape index (κ3) is 4.97. The molecule has 6 heteroatoms. The van der Waals surface area contributed by atoms with Crippen molar-refractivity contribution in [1.82, 2.24) is 0 Å². The Morgan fingerprint density at radius 3 is 2.35 bits per heavy atom. The van der Waals surface area contributed by atoms with Crippen molar-refractivity contribution in [3.63, 3.8) is 0 Å². The normalized spacial score (nSPS) is 13.1. The zero-order valence-electron chi connectivity index (χ0n) is 9.79. The quantitative estimate of drug-likeness (QED) is 0.840. The van der Waals surface area contributed by atoms with E-state index in [2.05, 4.69) is 4.36 Å². The van der Waals surface area contributed by atoms with Crippen molar-refractivity contribution in [3.05, 3.63) is 29.8 Å². The highest BCUT2D eigenvalue weighted by Gasteiger charge is 2.11. The Morgan fingerprint density at radius 1 is 1.41 bits per heavy atom. The largest absolute Gasteiger partial charge is 0.480 e. The van der Waals surface area contributed by atoms with Crippen LogP contribution in [-0.4, -0.2) is 33.8 Å². The lowest BCUT2D eigenvalue weighted by Crippen LogP contribution is -2.32. The molecule has 0 bridgehead atoms. The molecule has 0 aliphatic rings. The van der Waals surface area contributed by atoms with Gasteiger partial charge in [-0.15, -0.1) is 0 Å². The van der Waals surface area contributed by atoms with Gasteiger partial charge in [-0.1, -0.05) is 12.1 Å². The molecule has 0 aliphatic carbocycles. The lowest BCUT2D eigenvalue weighted by molar-refractivity contribution is -0.138. The minimum atomic E-state index is -2.17. The van der Waals surface area contributed by atoms with E-state index < -0.39 is 21.7 Å². The summed E-state index contributed by atoms with van der Waals surface area (Å²) in [5, 5.41) is 8.67.